The summed E-state index contributed by atoms with van der Waals surface area (Å²) in [6.45, 7) is 0. The van der Waals surface area contributed by atoms with Crippen LogP contribution >= 0.6 is 0 Å². The van der Waals surface area contributed by atoms with Crippen molar-refractivity contribution in [2.24, 2.45) is 5.92 Å². The maximum atomic E-state index is 13.3. The molecule has 0 atom stereocenters. The van der Waals surface area contributed by atoms with Gasteiger partial charge in [0.1, 0.15) is 10.6 Å². The summed E-state index contributed by atoms with van der Waals surface area (Å²) < 4.78 is 33.3. The topological polar surface area (TPSA) is 61.2 Å². The van der Waals surface area contributed by atoms with Crippen LogP contribution in [-0.4, -0.2) is 24.5 Å². The average Bonchev–Trinajstić information content (AvgIpc) is 3.31. The molecule has 0 spiro atoms. The van der Waals surface area contributed by atoms with Crippen molar-refractivity contribution in [3.8, 4) is 5.75 Å². The molecular weight excluding hydrogens is 348 g/mol. The lowest BCUT2D eigenvalue weighted by atomic mass is 9.99. The summed E-state index contributed by atoms with van der Waals surface area (Å²) in [5.41, 5.74) is 2.40. The van der Waals surface area contributed by atoms with E-state index in [0.717, 1.165) is 17.5 Å². The monoisotopic (exact) mass is 370 g/mol. The van der Waals surface area contributed by atoms with Gasteiger partial charge in [0.2, 0.25) is 0 Å². The Hall–Kier alpha value is -2.34. The molecule has 0 bridgehead atoms. The van der Waals surface area contributed by atoms with Crippen molar-refractivity contribution in [1.82, 2.24) is 8.96 Å². The lowest BCUT2D eigenvalue weighted by Crippen LogP contribution is -2.13. The summed E-state index contributed by atoms with van der Waals surface area (Å²) in [7, 11) is -2.29. The van der Waals surface area contributed by atoms with Gasteiger partial charge >= 0.3 is 0 Å². The molecule has 0 amide bonds. The number of hydrogen-bond acceptors (Lipinski definition) is 4. The maximum Gasteiger partial charge on any atom is 0.271 e. The van der Waals surface area contributed by atoms with Gasteiger partial charge in [0.15, 0.2) is 0 Å². The van der Waals surface area contributed by atoms with Crippen molar-refractivity contribution in [1.29, 1.82) is 0 Å². The molecule has 2 aromatic heterocycles. The smallest absolute Gasteiger partial charge is 0.271 e. The van der Waals surface area contributed by atoms with E-state index in [1.54, 1.807) is 42.7 Å². The molecule has 2 heterocycles. The number of para-hydroxylation sites is 1. The van der Waals surface area contributed by atoms with Crippen LogP contribution in [0, 0.1) is 5.92 Å². The highest BCUT2D eigenvalue weighted by molar-refractivity contribution is 7.90. The van der Waals surface area contributed by atoms with Gasteiger partial charge in [-0.05, 0) is 42.2 Å². The van der Waals surface area contributed by atoms with Gasteiger partial charge < -0.3 is 4.74 Å². The number of benzene rings is 1. The van der Waals surface area contributed by atoms with E-state index < -0.39 is 10.0 Å². The minimum absolute atomic E-state index is 0.163. The minimum Gasteiger partial charge on any atom is -0.495 e. The van der Waals surface area contributed by atoms with Crippen molar-refractivity contribution in [3.05, 3.63) is 54.4 Å². The Labute approximate surface area is 153 Å². The van der Waals surface area contributed by atoms with Gasteiger partial charge in [0.25, 0.3) is 10.0 Å². The number of ether oxygens (including phenoxy) is 1. The van der Waals surface area contributed by atoms with Crippen LogP contribution in [0.15, 0.2) is 53.7 Å². The molecule has 1 fully saturated rings. The highest BCUT2D eigenvalue weighted by atomic mass is 32.2. The van der Waals surface area contributed by atoms with Crippen LogP contribution in [0.5, 0.6) is 5.75 Å². The van der Waals surface area contributed by atoms with Crippen LogP contribution in [-0.2, 0) is 16.4 Å². The predicted octanol–water partition coefficient (Wildman–Crippen LogP) is 4.01. The van der Waals surface area contributed by atoms with E-state index in [1.807, 2.05) is 6.07 Å². The highest BCUT2D eigenvalue weighted by Gasteiger charge is 2.26. The molecule has 4 rings (SSSR count). The van der Waals surface area contributed by atoms with Crippen molar-refractivity contribution in [2.75, 3.05) is 7.11 Å². The summed E-state index contributed by atoms with van der Waals surface area (Å²) in [6.07, 6.45) is 9.28. The Kier molecular flexibility index (Phi) is 4.44. The van der Waals surface area contributed by atoms with E-state index in [9.17, 15) is 8.42 Å². The molecule has 0 aliphatic heterocycles. The molecule has 0 N–H and O–H groups in total. The SMILES string of the molecule is COc1ccccc1S(=O)(=O)n1cc(CC2CCCC2)c2ncccc21. The zero-order valence-corrected chi connectivity index (χ0v) is 15.6. The van der Waals surface area contributed by atoms with Gasteiger partial charge in [-0.15, -0.1) is 0 Å². The second-order valence-corrected chi connectivity index (χ2v) is 8.62. The summed E-state index contributed by atoms with van der Waals surface area (Å²) in [5, 5.41) is 0. The van der Waals surface area contributed by atoms with Crippen LogP contribution in [0.4, 0.5) is 0 Å². The number of fused-ring (bicyclic) bond motifs is 1. The fourth-order valence-corrected chi connectivity index (χ4v) is 5.45. The zero-order chi connectivity index (χ0) is 18.1. The van der Waals surface area contributed by atoms with Gasteiger partial charge in [-0.2, -0.15) is 0 Å². The summed E-state index contributed by atoms with van der Waals surface area (Å²) in [5.74, 6) is 0.959. The van der Waals surface area contributed by atoms with E-state index in [4.69, 9.17) is 4.74 Å². The predicted molar refractivity (Wildman–Crippen MR) is 101 cm³/mol. The fraction of sp³-hybridized carbons (Fsp3) is 0.350. The van der Waals surface area contributed by atoms with E-state index in [-0.39, 0.29) is 4.90 Å². The standard InChI is InChI=1S/C20H22N2O3S/c1-25-18-10-4-5-11-19(18)26(23,24)22-14-16(13-15-7-2-3-8-15)20-17(22)9-6-12-21-20/h4-6,9-12,14-15H,2-3,7-8,13H2,1H3. The van der Waals surface area contributed by atoms with Crippen molar-refractivity contribution >= 4 is 21.1 Å². The zero-order valence-electron chi connectivity index (χ0n) is 14.8. The molecular formula is C20H22N2O3S. The van der Waals surface area contributed by atoms with Crippen LogP contribution in [0.3, 0.4) is 0 Å². The van der Waals surface area contributed by atoms with Gasteiger partial charge in [-0.25, -0.2) is 12.4 Å². The van der Waals surface area contributed by atoms with Gasteiger partial charge in [-0.3, -0.25) is 4.98 Å². The van der Waals surface area contributed by atoms with Gasteiger partial charge in [-0.1, -0.05) is 37.8 Å². The molecule has 1 saturated carbocycles. The van der Waals surface area contributed by atoms with E-state index in [0.29, 0.717) is 17.2 Å². The van der Waals surface area contributed by atoms with E-state index in [1.165, 1.54) is 36.8 Å². The molecule has 1 aliphatic carbocycles. The minimum atomic E-state index is -3.77. The molecule has 6 heteroatoms. The first-order valence-corrected chi connectivity index (χ1v) is 10.4. The van der Waals surface area contributed by atoms with Crippen LogP contribution < -0.4 is 4.74 Å². The number of nitrogens with zero attached hydrogens (tertiary/aromatic N) is 2. The number of hydrogen-bond donors (Lipinski definition) is 0. The van der Waals surface area contributed by atoms with Crippen LogP contribution in [0.1, 0.15) is 31.2 Å². The Morgan fingerprint density at radius 3 is 2.69 bits per heavy atom. The lowest BCUT2D eigenvalue weighted by molar-refractivity contribution is 0.402. The number of pyridine rings is 1. The van der Waals surface area contributed by atoms with Crippen molar-refractivity contribution in [2.45, 2.75) is 37.0 Å². The fourth-order valence-electron chi connectivity index (χ4n) is 3.91. The third kappa shape index (κ3) is 2.88. The molecule has 136 valence electrons. The Balaban J connectivity index is 1.86. The van der Waals surface area contributed by atoms with Crippen LogP contribution in [0.25, 0.3) is 11.0 Å². The average molecular weight is 370 g/mol. The molecule has 26 heavy (non-hydrogen) atoms. The Morgan fingerprint density at radius 1 is 1.15 bits per heavy atom. The van der Waals surface area contributed by atoms with Crippen molar-refractivity contribution in [3.63, 3.8) is 0 Å². The number of aromatic nitrogens is 2. The first-order valence-electron chi connectivity index (χ1n) is 8.95. The second-order valence-electron chi connectivity index (χ2n) is 6.83. The number of methoxy groups -OCH3 is 1. The molecule has 5 nitrogen and oxygen atoms in total. The summed E-state index contributed by atoms with van der Waals surface area (Å²) in [4.78, 5) is 4.64. The highest BCUT2D eigenvalue weighted by Crippen LogP contribution is 2.33. The van der Waals surface area contributed by atoms with Crippen molar-refractivity contribution < 1.29 is 13.2 Å². The molecule has 0 radical (unpaired) electrons. The van der Waals surface area contributed by atoms with Gasteiger partial charge in [0.05, 0.1) is 18.1 Å². The first-order chi connectivity index (χ1) is 12.6. The molecule has 1 aliphatic rings. The lowest BCUT2D eigenvalue weighted by Gasteiger charge is -2.11. The second kappa shape index (κ2) is 6.76. The largest absolute Gasteiger partial charge is 0.495 e. The van der Waals surface area contributed by atoms with Gasteiger partial charge in [0, 0.05) is 12.4 Å². The third-order valence-corrected chi connectivity index (χ3v) is 6.90. The molecule has 3 aromatic rings. The Morgan fingerprint density at radius 2 is 1.92 bits per heavy atom. The van der Waals surface area contributed by atoms with Crippen LogP contribution in [0.2, 0.25) is 0 Å². The molecule has 1 aromatic carbocycles. The van der Waals surface area contributed by atoms with E-state index in [2.05, 4.69) is 4.98 Å². The third-order valence-electron chi connectivity index (χ3n) is 5.19. The normalized spacial score (nSPS) is 15.6. The molecule has 0 saturated heterocycles. The maximum absolute atomic E-state index is 13.3. The first kappa shape index (κ1) is 17.1. The Bertz CT molecular complexity index is 1030. The quantitative estimate of drug-likeness (QED) is 0.681. The van der Waals surface area contributed by atoms with E-state index >= 15 is 0 Å². The molecule has 0 unspecified atom stereocenters. The summed E-state index contributed by atoms with van der Waals surface area (Å²) in [6, 6.07) is 10.3. The number of rotatable bonds is 5. The summed E-state index contributed by atoms with van der Waals surface area (Å²) >= 11 is 0.